The van der Waals surface area contributed by atoms with Gasteiger partial charge >= 0.3 is 0 Å². The summed E-state index contributed by atoms with van der Waals surface area (Å²) in [6.45, 7) is 4.03. The van der Waals surface area contributed by atoms with Crippen LogP contribution in [0.15, 0.2) is 36.7 Å². The summed E-state index contributed by atoms with van der Waals surface area (Å²) in [5, 5.41) is 0. The van der Waals surface area contributed by atoms with Crippen molar-refractivity contribution in [3.8, 4) is 17.2 Å². The van der Waals surface area contributed by atoms with Crippen molar-refractivity contribution in [1.82, 2.24) is 9.88 Å². The van der Waals surface area contributed by atoms with Gasteiger partial charge in [0.25, 0.3) is 5.91 Å². The Morgan fingerprint density at radius 3 is 2.19 bits per heavy atom. The topological polar surface area (TPSA) is 65.3 Å². The van der Waals surface area contributed by atoms with E-state index in [1.807, 2.05) is 17.0 Å². The Labute approximate surface area is 159 Å². The molecule has 0 atom stereocenters. The number of nitrogens with one attached hydrogen (secondary N) is 1. The lowest BCUT2D eigenvalue weighted by molar-refractivity contribution is -0.917. The molecule has 3 rings (SSSR count). The van der Waals surface area contributed by atoms with Crippen LogP contribution in [0.25, 0.3) is 0 Å². The van der Waals surface area contributed by atoms with Crippen LogP contribution in [-0.4, -0.2) is 63.3 Å². The number of nitrogens with zero attached hydrogens (tertiary/aromatic N) is 2. The van der Waals surface area contributed by atoms with Gasteiger partial charge < -0.3 is 24.0 Å². The predicted octanol–water partition coefficient (Wildman–Crippen LogP) is 0.648. The van der Waals surface area contributed by atoms with E-state index in [2.05, 4.69) is 4.98 Å². The van der Waals surface area contributed by atoms with Crippen LogP contribution in [0.5, 0.6) is 17.2 Å². The molecular formula is C20H26N3O4+. The maximum atomic E-state index is 12.6. The second-order valence-corrected chi connectivity index (χ2v) is 6.47. The van der Waals surface area contributed by atoms with E-state index < -0.39 is 0 Å². The average Bonchev–Trinajstić information content (AvgIpc) is 2.74. The van der Waals surface area contributed by atoms with E-state index in [0.29, 0.717) is 17.1 Å². The first-order valence-corrected chi connectivity index (χ1v) is 8.98. The Kier molecular flexibility index (Phi) is 6.13. The zero-order chi connectivity index (χ0) is 19.2. The third kappa shape index (κ3) is 4.31. The zero-order valence-corrected chi connectivity index (χ0v) is 16.0. The molecule has 0 saturated carbocycles. The van der Waals surface area contributed by atoms with Gasteiger partial charge in [-0.15, -0.1) is 0 Å². The Balaban J connectivity index is 1.65. The number of quaternary nitrogens is 1. The first-order chi connectivity index (χ1) is 13.2. The van der Waals surface area contributed by atoms with E-state index in [1.165, 1.54) is 4.90 Å². The molecule has 27 heavy (non-hydrogen) atoms. The SMILES string of the molecule is COc1cc(OC)c(OC)cc1C[NH+]1CCN(C(=O)c2ccncc2)CC1. The van der Waals surface area contributed by atoms with Gasteiger partial charge in [-0.25, -0.2) is 0 Å². The molecule has 1 aliphatic heterocycles. The molecular weight excluding hydrogens is 346 g/mol. The summed E-state index contributed by atoms with van der Waals surface area (Å²) < 4.78 is 16.3. The lowest BCUT2D eigenvalue weighted by atomic mass is 10.1. The number of benzene rings is 1. The molecule has 0 unspecified atom stereocenters. The Morgan fingerprint density at radius 2 is 1.59 bits per heavy atom. The van der Waals surface area contributed by atoms with Crippen LogP contribution >= 0.6 is 0 Å². The van der Waals surface area contributed by atoms with Crippen molar-refractivity contribution in [1.29, 1.82) is 0 Å². The van der Waals surface area contributed by atoms with E-state index in [9.17, 15) is 4.79 Å². The number of hydrogen-bond acceptors (Lipinski definition) is 5. The molecule has 0 spiro atoms. The van der Waals surface area contributed by atoms with E-state index in [1.54, 1.807) is 45.9 Å². The normalized spacial score (nSPS) is 14.7. The van der Waals surface area contributed by atoms with Gasteiger partial charge in [0.15, 0.2) is 11.5 Å². The molecule has 0 bridgehead atoms. The molecule has 0 aliphatic carbocycles. The molecule has 2 heterocycles. The summed E-state index contributed by atoms with van der Waals surface area (Å²) in [7, 11) is 4.90. The van der Waals surface area contributed by atoms with Gasteiger partial charge in [0.2, 0.25) is 0 Å². The van der Waals surface area contributed by atoms with Crippen LogP contribution in [0, 0.1) is 0 Å². The number of aromatic nitrogens is 1. The van der Waals surface area contributed by atoms with Crippen molar-refractivity contribution in [3.63, 3.8) is 0 Å². The Morgan fingerprint density at radius 1 is 1.00 bits per heavy atom. The lowest BCUT2D eigenvalue weighted by Crippen LogP contribution is -3.13. The molecule has 1 saturated heterocycles. The molecule has 2 aromatic rings. The van der Waals surface area contributed by atoms with Crippen molar-refractivity contribution in [2.24, 2.45) is 0 Å². The lowest BCUT2D eigenvalue weighted by Gasteiger charge is -2.32. The van der Waals surface area contributed by atoms with Gasteiger partial charge in [0, 0.05) is 24.0 Å². The number of ether oxygens (including phenoxy) is 3. The predicted molar refractivity (Wildman–Crippen MR) is 101 cm³/mol. The summed E-state index contributed by atoms with van der Waals surface area (Å²) in [4.78, 5) is 19.8. The van der Waals surface area contributed by atoms with Crippen molar-refractivity contribution in [2.75, 3.05) is 47.5 Å². The molecule has 144 valence electrons. The van der Waals surface area contributed by atoms with Crippen molar-refractivity contribution in [2.45, 2.75) is 6.54 Å². The highest BCUT2D eigenvalue weighted by atomic mass is 16.5. The van der Waals surface area contributed by atoms with Gasteiger partial charge in [-0.05, 0) is 18.2 Å². The van der Waals surface area contributed by atoms with Gasteiger partial charge in [0.1, 0.15) is 12.3 Å². The van der Waals surface area contributed by atoms with Crippen molar-refractivity contribution >= 4 is 5.91 Å². The quantitative estimate of drug-likeness (QED) is 0.807. The van der Waals surface area contributed by atoms with Crippen LogP contribution in [0.1, 0.15) is 15.9 Å². The Hall–Kier alpha value is -2.80. The number of methoxy groups -OCH3 is 3. The molecule has 1 aromatic heterocycles. The van der Waals surface area contributed by atoms with Crippen molar-refractivity contribution < 1.29 is 23.9 Å². The minimum atomic E-state index is 0.0696. The fraction of sp³-hybridized carbons (Fsp3) is 0.400. The molecule has 7 nitrogen and oxygen atoms in total. The summed E-state index contributed by atoms with van der Waals surface area (Å²) in [6, 6.07) is 7.35. The van der Waals surface area contributed by atoms with Crippen LogP contribution in [-0.2, 0) is 6.54 Å². The molecule has 1 aliphatic rings. The first kappa shape index (κ1) is 19.0. The van der Waals surface area contributed by atoms with Crippen LogP contribution in [0.4, 0.5) is 0 Å². The van der Waals surface area contributed by atoms with Gasteiger partial charge in [0.05, 0.1) is 53.1 Å². The second kappa shape index (κ2) is 8.73. The minimum absolute atomic E-state index is 0.0696. The van der Waals surface area contributed by atoms with E-state index in [-0.39, 0.29) is 5.91 Å². The molecule has 1 fully saturated rings. The maximum absolute atomic E-state index is 12.6. The van der Waals surface area contributed by atoms with Gasteiger partial charge in [-0.2, -0.15) is 0 Å². The van der Waals surface area contributed by atoms with Gasteiger partial charge in [-0.1, -0.05) is 0 Å². The number of hydrogen-bond donors (Lipinski definition) is 1. The zero-order valence-electron chi connectivity index (χ0n) is 16.0. The van der Waals surface area contributed by atoms with Crippen LogP contribution in [0.2, 0.25) is 0 Å². The highest BCUT2D eigenvalue weighted by molar-refractivity contribution is 5.94. The number of amides is 1. The minimum Gasteiger partial charge on any atom is -0.496 e. The molecule has 1 N–H and O–H groups in total. The summed E-state index contributed by atoms with van der Waals surface area (Å²) >= 11 is 0. The molecule has 7 heteroatoms. The molecule has 0 radical (unpaired) electrons. The largest absolute Gasteiger partial charge is 0.496 e. The second-order valence-electron chi connectivity index (χ2n) is 6.47. The molecule has 1 amide bonds. The fourth-order valence-electron chi connectivity index (χ4n) is 3.38. The van der Waals surface area contributed by atoms with Gasteiger partial charge in [-0.3, -0.25) is 9.78 Å². The third-order valence-electron chi connectivity index (χ3n) is 4.91. The standard InChI is InChI=1S/C20H25N3O4/c1-25-17-13-19(27-3)18(26-2)12-16(17)14-22-8-10-23(11-9-22)20(24)15-4-6-21-7-5-15/h4-7,12-13H,8-11,14H2,1-3H3/p+1. The van der Waals surface area contributed by atoms with Crippen LogP contribution in [0.3, 0.4) is 0 Å². The molecule has 1 aromatic carbocycles. The summed E-state index contributed by atoms with van der Waals surface area (Å²) in [5.41, 5.74) is 1.76. The van der Waals surface area contributed by atoms with E-state index in [4.69, 9.17) is 14.2 Å². The number of piperazine rings is 1. The van der Waals surface area contributed by atoms with E-state index >= 15 is 0 Å². The highest BCUT2D eigenvalue weighted by Gasteiger charge is 2.26. The number of carbonyl (C=O) groups is 1. The number of rotatable bonds is 6. The maximum Gasteiger partial charge on any atom is 0.254 e. The van der Waals surface area contributed by atoms with E-state index in [0.717, 1.165) is 44.0 Å². The Bertz CT molecular complexity index is 774. The number of carbonyl (C=O) groups excluding carboxylic acids is 1. The fourth-order valence-corrected chi connectivity index (χ4v) is 3.38. The monoisotopic (exact) mass is 372 g/mol. The smallest absolute Gasteiger partial charge is 0.254 e. The summed E-state index contributed by atoms with van der Waals surface area (Å²) in [5.74, 6) is 2.20. The summed E-state index contributed by atoms with van der Waals surface area (Å²) in [6.07, 6.45) is 3.30. The average molecular weight is 372 g/mol. The van der Waals surface area contributed by atoms with Crippen molar-refractivity contribution in [3.05, 3.63) is 47.8 Å². The first-order valence-electron chi connectivity index (χ1n) is 8.98. The highest BCUT2D eigenvalue weighted by Crippen LogP contribution is 2.34. The number of pyridine rings is 1. The van der Waals surface area contributed by atoms with Crippen LogP contribution < -0.4 is 19.1 Å². The third-order valence-corrected chi connectivity index (χ3v) is 4.91.